The molecule has 112 valence electrons. The van der Waals surface area contributed by atoms with Crippen molar-refractivity contribution in [3.8, 4) is 0 Å². The van der Waals surface area contributed by atoms with E-state index in [4.69, 9.17) is 0 Å². The lowest BCUT2D eigenvalue weighted by molar-refractivity contribution is -0.123. The average Bonchev–Trinajstić information content (AvgIpc) is 2.37. The minimum Gasteiger partial charge on any atom is -0.355 e. The van der Waals surface area contributed by atoms with Crippen LogP contribution in [0.1, 0.15) is 25.0 Å². The van der Waals surface area contributed by atoms with Gasteiger partial charge in [0.25, 0.3) is 0 Å². The molecule has 0 spiro atoms. The number of rotatable bonds is 6. The number of nitrogens with one attached hydrogen (secondary N) is 2. The molecular formula is C14H22N2O3S. The van der Waals surface area contributed by atoms with Crippen LogP contribution >= 0.6 is 0 Å². The van der Waals surface area contributed by atoms with E-state index in [1.165, 1.54) is 0 Å². The zero-order valence-electron chi connectivity index (χ0n) is 12.4. The van der Waals surface area contributed by atoms with Gasteiger partial charge in [-0.15, -0.1) is 0 Å². The predicted octanol–water partition coefficient (Wildman–Crippen LogP) is 1.35. The van der Waals surface area contributed by atoms with Crippen molar-refractivity contribution in [2.24, 2.45) is 5.92 Å². The largest absolute Gasteiger partial charge is 0.355 e. The molecule has 0 bridgehead atoms. The first-order valence-electron chi connectivity index (χ1n) is 6.58. The highest BCUT2D eigenvalue weighted by Gasteiger charge is 2.16. The van der Waals surface area contributed by atoms with E-state index in [0.717, 1.165) is 5.56 Å². The monoisotopic (exact) mass is 298 g/mol. The molecular weight excluding hydrogens is 276 g/mol. The van der Waals surface area contributed by atoms with Crippen molar-refractivity contribution in [1.29, 1.82) is 0 Å². The van der Waals surface area contributed by atoms with E-state index in [9.17, 15) is 13.2 Å². The molecule has 0 saturated heterocycles. The van der Waals surface area contributed by atoms with E-state index in [2.05, 4.69) is 10.0 Å². The van der Waals surface area contributed by atoms with Crippen LogP contribution in [0.15, 0.2) is 23.1 Å². The Morgan fingerprint density at radius 2 is 1.85 bits per heavy atom. The molecule has 0 fully saturated rings. The second-order valence-electron chi connectivity index (χ2n) is 5.11. The second-order valence-corrected chi connectivity index (χ2v) is 6.85. The number of amides is 1. The Bertz CT molecular complexity index is 580. The van der Waals surface area contributed by atoms with Crippen molar-refractivity contribution in [1.82, 2.24) is 10.0 Å². The van der Waals surface area contributed by atoms with Crippen LogP contribution in [-0.4, -0.2) is 27.4 Å². The number of carbonyl (C=O) groups excluding carboxylic acids is 1. The van der Waals surface area contributed by atoms with Crippen molar-refractivity contribution >= 4 is 15.9 Å². The minimum atomic E-state index is -3.53. The summed E-state index contributed by atoms with van der Waals surface area (Å²) in [5, 5.41) is 2.67. The van der Waals surface area contributed by atoms with Crippen LogP contribution in [0.2, 0.25) is 0 Å². The first kappa shape index (κ1) is 16.7. The fourth-order valence-corrected chi connectivity index (χ4v) is 3.01. The summed E-state index contributed by atoms with van der Waals surface area (Å²) in [6.07, 6.45) is 0. The van der Waals surface area contributed by atoms with Crippen LogP contribution in [-0.2, 0) is 14.8 Å². The third-order valence-corrected chi connectivity index (χ3v) is 4.48. The van der Waals surface area contributed by atoms with Gasteiger partial charge >= 0.3 is 0 Å². The third kappa shape index (κ3) is 4.61. The van der Waals surface area contributed by atoms with Gasteiger partial charge in [-0.2, -0.15) is 0 Å². The molecule has 0 heterocycles. The molecule has 0 aliphatic carbocycles. The molecule has 6 heteroatoms. The molecule has 5 nitrogen and oxygen atoms in total. The highest BCUT2D eigenvalue weighted by molar-refractivity contribution is 7.89. The number of aryl methyl sites for hydroxylation is 2. The zero-order valence-corrected chi connectivity index (χ0v) is 13.2. The fourth-order valence-electron chi connectivity index (χ4n) is 1.65. The first-order valence-corrected chi connectivity index (χ1v) is 8.07. The predicted molar refractivity (Wildman–Crippen MR) is 79.0 cm³/mol. The van der Waals surface area contributed by atoms with Gasteiger partial charge in [0.05, 0.1) is 4.90 Å². The lowest BCUT2D eigenvalue weighted by Gasteiger charge is -2.11. The third-order valence-electron chi connectivity index (χ3n) is 2.87. The summed E-state index contributed by atoms with van der Waals surface area (Å²) in [6, 6.07) is 5.30. The first-order chi connectivity index (χ1) is 9.24. The van der Waals surface area contributed by atoms with Crippen LogP contribution in [0, 0.1) is 19.8 Å². The normalized spacial score (nSPS) is 11.7. The minimum absolute atomic E-state index is 0.0871. The maximum Gasteiger partial charge on any atom is 0.240 e. The van der Waals surface area contributed by atoms with E-state index in [1.54, 1.807) is 32.9 Å². The van der Waals surface area contributed by atoms with Gasteiger partial charge in [-0.3, -0.25) is 4.79 Å². The standard InChI is InChI=1S/C14H22N2O3S/c1-10(2)14(17)15-7-8-16-20(18,19)13-9-11(3)5-6-12(13)4/h5-6,9-10,16H,7-8H2,1-4H3,(H,15,17). The number of sulfonamides is 1. The van der Waals surface area contributed by atoms with Crippen LogP contribution < -0.4 is 10.0 Å². The van der Waals surface area contributed by atoms with Gasteiger partial charge in [-0.1, -0.05) is 26.0 Å². The lowest BCUT2D eigenvalue weighted by Crippen LogP contribution is -2.36. The van der Waals surface area contributed by atoms with Crippen LogP contribution in [0.5, 0.6) is 0 Å². The Morgan fingerprint density at radius 3 is 2.45 bits per heavy atom. The van der Waals surface area contributed by atoms with Gasteiger partial charge < -0.3 is 5.32 Å². The summed E-state index contributed by atoms with van der Waals surface area (Å²) in [5.74, 6) is -0.193. The molecule has 0 unspecified atom stereocenters. The van der Waals surface area contributed by atoms with Gasteiger partial charge in [-0.25, -0.2) is 13.1 Å². The molecule has 1 aromatic rings. The maximum absolute atomic E-state index is 12.2. The molecule has 1 amide bonds. The summed E-state index contributed by atoms with van der Waals surface area (Å²) in [6.45, 7) is 7.64. The molecule has 2 N–H and O–H groups in total. The highest BCUT2D eigenvalue weighted by Crippen LogP contribution is 2.16. The summed E-state index contributed by atoms with van der Waals surface area (Å²) in [7, 11) is -3.53. The lowest BCUT2D eigenvalue weighted by atomic mass is 10.2. The van der Waals surface area contributed by atoms with Crippen molar-refractivity contribution in [2.75, 3.05) is 13.1 Å². The van der Waals surface area contributed by atoms with E-state index in [1.807, 2.05) is 13.0 Å². The summed E-state index contributed by atoms with van der Waals surface area (Å²) in [5.41, 5.74) is 1.60. The Kier molecular flexibility index (Phi) is 5.71. The average molecular weight is 298 g/mol. The molecule has 0 radical (unpaired) electrons. The molecule has 0 saturated carbocycles. The second kappa shape index (κ2) is 6.85. The Balaban J connectivity index is 2.63. The molecule has 0 atom stereocenters. The summed E-state index contributed by atoms with van der Waals surface area (Å²) < 4.78 is 26.8. The van der Waals surface area contributed by atoms with Crippen molar-refractivity contribution in [3.63, 3.8) is 0 Å². The molecule has 1 rings (SSSR count). The van der Waals surface area contributed by atoms with Gasteiger partial charge in [0.2, 0.25) is 15.9 Å². The van der Waals surface area contributed by atoms with Crippen molar-refractivity contribution in [3.05, 3.63) is 29.3 Å². The van der Waals surface area contributed by atoms with Crippen LogP contribution in [0.3, 0.4) is 0 Å². The quantitative estimate of drug-likeness (QED) is 0.779. The Labute approximate surface area is 120 Å². The van der Waals surface area contributed by atoms with Crippen LogP contribution in [0.4, 0.5) is 0 Å². The highest BCUT2D eigenvalue weighted by atomic mass is 32.2. The Hall–Kier alpha value is -1.40. The van der Waals surface area contributed by atoms with Crippen molar-refractivity contribution < 1.29 is 13.2 Å². The molecule has 20 heavy (non-hydrogen) atoms. The summed E-state index contributed by atoms with van der Waals surface area (Å²) >= 11 is 0. The molecule has 0 aromatic heterocycles. The fraction of sp³-hybridized carbons (Fsp3) is 0.500. The molecule has 0 aliphatic heterocycles. The maximum atomic E-state index is 12.2. The zero-order chi connectivity index (χ0) is 15.3. The van der Waals surface area contributed by atoms with E-state index < -0.39 is 10.0 Å². The van der Waals surface area contributed by atoms with E-state index in [-0.39, 0.29) is 29.8 Å². The molecule has 0 aliphatic rings. The van der Waals surface area contributed by atoms with E-state index in [0.29, 0.717) is 5.56 Å². The van der Waals surface area contributed by atoms with Crippen molar-refractivity contribution in [2.45, 2.75) is 32.6 Å². The number of carbonyl (C=O) groups is 1. The topological polar surface area (TPSA) is 75.3 Å². The van der Waals surface area contributed by atoms with Gasteiger partial charge in [0.15, 0.2) is 0 Å². The Morgan fingerprint density at radius 1 is 1.20 bits per heavy atom. The SMILES string of the molecule is Cc1ccc(C)c(S(=O)(=O)NCCNC(=O)C(C)C)c1. The molecule has 1 aromatic carbocycles. The summed E-state index contributed by atoms with van der Waals surface area (Å²) in [4.78, 5) is 11.6. The number of benzene rings is 1. The van der Waals surface area contributed by atoms with E-state index >= 15 is 0 Å². The number of hydrogen-bond donors (Lipinski definition) is 2. The van der Waals surface area contributed by atoms with Gasteiger partial charge in [0.1, 0.15) is 0 Å². The number of hydrogen-bond acceptors (Lipinski definition) is 3. The van der Waals surface area contributed by atoms with Crippen LogP contribution in [0.25, 0.3) is 0 Å². The van der Waals surface area contributed by atoms with Gasteiger partial charge in [-0.05, 0) is 31.0 Å². The van der Waals surface area contributed by atoms with Gasteiger partial charge in [0, 0.05) is 19.0 Å². The smallest absolute Gasteiger partial charge is 0.240 e.